The van der Waals surface area contributed by atoms with Gasteiger partial charge in [0.25, 0.3) is 0 Å². The largest absolute Gasteiger partial charge is 0.508 e. The molecule has 110 valence electrons. The van der Waals surface area contributed by atoms with E-state index in [9.17, 15) is 14.7 Å². The third kappa shape index (κ3) is 1.94. The Morgan fingerprint density at radius 2 is 2.05 bits per heavy atom. The van der Waals surface area contributed by atoms with Crippen molar-refractivity contribution in [2.24, 2.45) is 0 Å². The highest BCUT2D eigenvalue weighted by Crippen LogP contribution is 2.33. The van der Waals surface area contributed by atoms with E-state index >= 15 is 0 Å². The molecule has 0 saturated heterocycles. The number of rotatable bonds is 0. The fraction of sp³-hybridized carbons (Fsp3) is 0.333. The van der Waals surface area contributed by atoms with Crippen LogP contribution in [0.5, 0.6) is 5.75 Å². The van der Waals surface area contributed by atoms with Crippen LogP contribution in [0.25, 0.3) is 11.0 Å². The second-order valence-corrected chi connectivity index (χ2v) is 5.34. The molecule has 0 atom stereocenters. The number of carbonyl (C=O) groups is 1. The Morgan fingerprint density at radius 3 is 2.71 bits per heavy atom. The fourth-order valence-electron chi connectivity index (χ4n) is 2.92. The van der Waals surface area contributed by atoms with E-state index in [1.807, 2.05) is 6.92 Å². The van der Waals surface area contributed by atoms with Crippen LogP contribution in [-0.4, -0.2) is 27.8 Å². The maximum atomic E-state index is 12.2. The number of phenols is 1. The molecule has 0 bridgehead atoms. The minimum Gasteiger partial charge on any atom is -0.508 e. The molecule has 2 N–H and O–H groups in total. The Bertz CT molecular complexity index is 821. The van der Waals surface area contributed by atoms with Crippen LogP contribution in [0.3, 0.4) is 0 Å². The van der Waals surface area contributed by atoms with Crippen LogP contribution >= 0.6 is 0 Å². The summed E-state index contributed by atoms with van der Waals surface area (Å²) in [5.74, 6) is 0.0890. The van der Waals surface area contributed by atoms with E-state index in [2.05, 4.69) is 0 Å². The van der Waals surface area contributed by atoms with Crippen molar-refractivity contribution in [3.8, 4) is 5.75 Å². The van der Waals surface area contributed by atoms with E-state index in [1.165, 1.54) is 4.90 Å². The lowest BCUT2D eigenvalue weighted by atomic mass is 9.93. The van der Waals surface area contributed by atoms with Gasteiger partial charge in [-0.2, -0.15) is 0 Å². The summed E-state index contributed by atoms with van der Waals surface area (Å²) in [7, 11) is 0. The predicted octanol–water partition coefficient (Wildman–Crippen LogP) is 2.15. The van der Waals surface area contributed by atoms with Crippen molar-refractivity contribution in [3.05, 3.63) is 38.7 Å². The van der Waals surface area contributed by atoms with Gasteiger partial charge in [-0.25, -0.2) is 9.59 Å². The molecular weight excluding hydrogens is 274 g/mol. The summed E-state index contributed by atoms with van der Waals surface area (Å²) in [4.78, 5) is 24.4. The summed E-state index contributed by atoms with van der Waals surface area (Å²) in [6.45, 7) is 3.92. The Labute approximate surface area is 120 Å². The summed E-state index contributed by atoms with van der Waals surface area (Å²) in [6, 6.07) is 1.64. The average Bonchev–Trinajstić information content (AvgIpc) is 2.44. The number of aromatic hydroxyl groups is 1. The average molecular weight is 289 g/mol. The predicted molar refractivity (Wildman–Crippen MR) is 75.8 cm³/mol. The number of amides is 1. The van der Waals surface area contributed by atoms with E-state index in [4.69, 9.17) is 9.52 Å². The summed E-state index contributed by atoms with van der Waals surface area (Å²) in [5, 5.41) is 19.7. The van der Waals surface area contributed by atoms with Gasteiger partial charge in [0.1, 0.15) is 11.3 Å². The normalized spacial score (nSPS) is 14.3. The summed E-state index contributed by atoms with van der Waals surface area (Å²) in [6.07, 6.45) is -0.576. The maximum Gasteiger partial charge on any atom is 0.407 e. The number of aryl methyl sites for hydroxylation is 2. The van der Waals surface area contributed by atoms with Crippen LogP contribution in [-0.2, 0) is 13.0 Å². The molecule has 0 unspecified atom stereocenters. The molecule has 0 aliphatic carbocycles. The van der Waals surface area contributed by atoms with Crippen molar-refractivity contribution in [2.75, 3.05) is 6.54 Å². The monoisotopic (exact) mass is 289 g/mol. The molecule has 0 radical (unpaired) electrons. The van der Waals surface area contributed by atoms with Gasteiger partial charge in [-0.1, -0.05) is 0 Å². The fourth-order valence-corrected chi connectivity index (χ4v) is 2.92. The van der Waals surface area contributed by atoms with E-state index in [0.29, 0.717) is 29.7 Å². The number of hydrogen-bond donors (Lipinski definition) is 2. The van der Waals surface area contributed by atoms with Crippen LogP contribution in [0.2, 0.25) is 0 Å². The van der Waals surface area contributed by atoms with Gasteiger partial charge in [0.2, 0.25) is 0 Å². The molecular formula is C15H15NO5. The molecule has 2 aromatic rings. The first-order valence-corrected chi connectivity index (χ1v) is 6.65. The lowest BCUT2D eigenvalue weighted by Gasteiger charge is -2.26. The van der Waals surface area contributed by atoms with Gasteiger partial charge in [0, 0.05) is 17.5 Å². The minimum atomic E-state index is -1.04. The first kappa shape index (κ1) is 13.5. The number of nitrogens with zero attached hydrogens (tertiary/aromatic N) is 1. The van der Waals surface area contributed by atoms with Crippen LogP contribution in [0.15, 0.2) is 15.3 Å². The minimum absolute atomic E-state index is 0.0440. The molecule has 6 nitrogen and oxygen atoms in total. The molecule has 3 rings (SSSR count). The molecule has 0 fully saturated rings. The zero-order valence-electron chi connectivity index (χ0n) is 11.8. The van der Waals surface area contributed by atoms with Crippen molar-refractivity contribution < 1.29 is 19.4 Å². The molecule has 0 spiro atoms. The number of carboxylic acid groups (broad SMARTS) is 1. The molecule has 1 aromatic heterocycles. The first-order valence-electron chi connectivity index (χ1n) is 6.65. The smallest absolute Gasteiger partial charge is 0.407 e. The van der Waals surface area contributed by atoms with Gasteiger partial charge >= 0.3 is 11.7 Å². The zero-order valence-corrected chi connectivity index (χ0v) is 11.8. The quantitative estimate of drug-likeness (QED) is 0.725. The number of benzene rings is 1. The molecule has 1 aromatic carbocycles. The highest BCUT2D eigenvalue weighted by atomic mass is 16.4. The molecule has 6 heteroatoms. The van der Waals surface area contributed by atoms with Crippen molar-refractivity contribution in [1.29, 1.82) is 0 Å². The maximum absolute atomic E-state index is 12.2. The third-order valence-corrected chi connectivity index (χ3v) is 4.06. The van der Waals surface area contributed by atoms with Crippen molar-refractivity contribution in [3.63, 3.8) is 0 Å². The van der Waals surface area contributed by atoms with E-state index < -0.39 is 11.7 Å². The Kier molecular flexibility index (Phi) is 2.90. The Hall–Kier alpha value is -2.50. The lowest BCUT2D eigenvalue weighted by molar-refractivity contribution is 0.139. The van der Waals surface area contributed by atoms with Crippen LogP contribution in [0.4, 0.5) is 4.79 Å². The van der Waals surface area contributed by atoms with Gasteiger partial charge in [-0.3, -0.25) is 0 Å². The highest BCUT2D eigenvalue weighted by molar-refractivity contribution is 5.89. The molecule has 1 aliphatic rings. The van der Waals surface area contributed by atoms with Crippen LogP contribution < -0.4 is 5.63 Å². The van der Waals surface area contributed by atoms with Crippen molar-refractivity contribution in [2.45, 2.75) is 26.8 Å². The number of hydrogen-bond acceptors (Lipinski definition) is 4. The Balaban J connectivity index is 2.33. The lowest BCUT2D eigenvalue weighted by Crippen LogP contribution is -2.37. The van der Waals surface area contributed by atoms with Crippen molar-refractivity contribution in [1.82, 2.24) is 4.90 Å². The molecule has 1 amide bonds. The van der Waals surface area contributed by atoms with E-state index in [-0.39, 0.29) is 12.3 Å². The number of phenolic OH excluding ortho intramolecular Hbond substituents is 1. The molecule has 2 heterocycles. The standard InChI is InChI=1S/C15H15NO5/c1-7-5-11(17)8(2)13-12(7)9-3-4-16(15(19)20)6-10(9)14(18)21-13/h5,17H,3-4,6H2,1-2H3,(H,19,20). The van der Waals surface area contributed by atoms with Gasteiger partial charge < -0.3 is 19.5 Å². The van der Waals surface area contributed by atoms with E-state index in [1.54, 1.807) is 13.0 Å². The van der Waals surface area contributed by atoms with Gasteiger partial charge in [-0.15, -0.1) is 0 Å². The SMILES string of the molecule is Cc1c(O)cc(C)c2c3c(c(=O)oc12)CN(C(=O)O)CC3. The second kappa shape index (κ2) is 4.51. The summed E-state index contributed by atoms with van der Waals surface area (Å²) < 4.78 is 5.35. The second-order valence-electron chi connectivity index (χ2n) is 5.34. The first-order chi connectivity index (χ1) is 9.90. The van der Waals surface area contributed by atoms with Crippen LogP contribution in [0.1, 0.15) is 22.3 Å². The van der Waals surface area contributed by atoms with Gasteiger partial charge in [-0.05, 0) is 37.5 Å². The molecule has 21 heavy (non-hydrogen) atoms. The zero-order chi connectivity index (χ0) is 15.3. The van der Waals surface area contributed by atoms with Crippen LogP contribution in [0, 0.1) is 13.8 Å². The number of fused-ring (bicyclic) bond motifs is 3. The van der Waals surface area contributed by atoms with Gasteiger partial charge in [0.15, 0.2) is 0 Å². The highest BCUT2D eigenvalue weighted by Gasteiger charge is 2.26. The molecule has 0 saturated carbocycles. The third-order valence-electron chi connectivity index (χ3n) is 4.06. The van der Waals surface area contributed by atoms with E-state index in [0.717, 1.165) is 16.5 Å². The molecule has 1 aliphatic heterocycles. The summed E-state index contributed by atoms with van der Waals surface area (Å²) >= 11 is 0. The van der Waals surface area contributed by atoms with Gasteiger partial charge in [0.05, 0.1) is 12.1 Å². The Morgan fingerprint density at radius 1 is 1.33 bits per heavy atom. The van der Waals surface area contributed by atoms with Crippen molar-refractivity contribution >= 4 is 17.1 Å². The topological polar surface area (TPSA) is 91.0 Å². The summed E-state index contributed by atoms with van der Waals surface area (Å²) in [5.41, 5.74) is 2.42.